The molecule has 1 nitrogen and oxygen atoms in total. The zero-order chi connectivity index (χ0) is 64.8. The third kappa shape index (κ3) is 8.94. The smallest absolute Gasteiger partial charge is 0.0708 e. The Balaban J connectivity index is 0.625. The molecule has 0 unspecified atom stereocenters. The SMILES string of the molecule is c1ccc(-c2cccc3c2sc2c(-c4cccc(-c5cccc6c5sc5c(-c7ccc8c9ccc(-c%10ccc%11c%12ccccc%12c%12cc(-c%13cccc(-c%14cccc(-c%15cccc%16c%15sc%15ccccc%15%16)c%14)c%13)ncc%12c%11c%10)cc9c9ccccc9c8c7)cccc56)c4)cccc23)cc1. The zero-order valence-corrected chi connectivity index (χ0v) is 55.9. The average molecular weight is 1310 g/mol. The number of benzene rings is 17. The molecule has 0 aliphatic rings. The highest BCUT2D eigenvalue weighted by molar-refractivity contribution is 7.27. The number of hydrogen-bond acceptors (Lipinski definition) is 4. The Morgan fingerprint density at radius 3 is 0.960 bits per heavy atom. The highest BCUT2D eigenvalue weighted by Crippen LogP contribution is 2.50. The first-order valence-corrected chi connectivity index (χ1v) is 36.3. The third-order valence-electron chi connectivity index (χ3n) is 20.9. The highest BCUT2D eigenvalue weighted by Gasteiger charge is 2.21. The highest BCUT2D eigenvalue weighted by atomic mass is 32.1. The van der Waals surface area contributed by atoms with Gasteiger partial charge in [0.1, 0.15) is 0 Å². The summed E-state index contributed by atoms with van der Waals surface area (Å²) in [6.07, 6.45) is 2.12. The maximum Gasteiger partial charge on any atom is 0.0708 e. The normalized spacial score (nSPS) is 12.0. The second-order valence-electron chi connectivity index (χ2n) is 26.3. The molecular formula is C95H55NS3. The number of fused-ring (bicyclic) bond motifs is 21. The minimum Gasteiger partial charge on any atom is -0.256 e. The van der Waals surface area contributed by atoms with Crippen LogP contribution in [-0.4, -0.2) is 4.98 Å². The Morgan fingerprint density at radius 2 is 0.455 bits per heavy atom. The summed E-state index contributed by atoms with van der Waals surface area (Å²) < 4.78 is 7.92. The Bertz CT molecular complexity index is 6960. The fraction of sp³-hybridized carbons (Fsp3) is 0. The quantitative estimate of drug-likeness (QED) is 0.138. The molecule has 0 saturated heterocycles. The van der Waals surface area contributed by atoms with Gasteiger partial charge in [0, 0.05) is 77.7 Å². The largest absolute Gasteiger partial charge is 0.256 e. The van der Waals surface area contributed by atoms with Crippen LogP contribution < -0.4 is 0 Å². The van der Waals surface area contributed by atoms with Crippen LogP contribution in [0.25, 0.3) is 214 Å². The van der Waals surface area contributed by atoms with E-state index >= 15 is 0 Å². The molecule has 4 heteroatoms. The number of thiophene rings is 3. The molecule has 21 rings (SSSR count). The first-order chi connectivity index (χ1) is 49.1. The van der Waals surface area contributed by atoms with Crippen molar-refractivity contribution < 1.29 is 0 Å². The first-order valence-electron chi connectivity index (χ1n) is 33.9. The lowest BCUT2D eigenvalue weighted by atomic mass is 9.89. The summed E-state index contributed by atoms with van der Waals surface area (Å²) in [5, 5.41) is 22.6. The van der Waals surface area contributed by atoms with Gasteiger partial charge in [0.2, 0.25) is 0 Å². The van der Waals surface area contributed by atoms with Gasteiger partial charge in [-0.1, -0.05) is 279 Å². The third-order valence-corrected chi connectivity index (χ3v) is 24.7. The van der Waals surface area contributed by atoms with Crippen LogP contribution >= 0.6 is 34.0 Å². The molecule has 4 heterocycles. The van der Waals surface area contributed by atoms with E-state index in [-0.39, 0.29) is 0 Å². The first kappa shape index (κ1) is 56.3. The molecule has 0 atom stereocenters. The molecular weight excluding hydrogens is 1250 g/mol. The molecule has 0 radical (unpaired) electrons. The maximum atomic E-state index is 5.29. The van der Waals surface area contributed by atoms with Gasteiger partial charge >= 0.3 is 0 Å². The van der Waals surface area contributed by atoms with Crippen molar-refractivity contribution in [2.75, 3.05) is 0 Å². The van der Waals surface area contributed by atoms with Gasteiger partial charge in [0.25, 0.3) is 0 Å². The van der Waals surface area contributed by atoms with E-state index in [1.807, 2.05) is 34.0 Å². The van der Waals surface area contributed by atoms with Crippen molar-refractivity contribution in [1.29, 1.82) is 0 Å². The Labute approximate surface area is 582 Å². The van der Waals surface area contributed by atoms with Gasteiger partial charge < -0.3 is 0 Å². The molecule has 458 valence electrons. The van der Waals surface area contributed by atoms with Crippen molar-refractivity contribution in [2.45, 2.75) is 0 Å². The van der Waals surface area contributed by atoms with Crippen LogP contribution in [0.4, 0.5) is 0 Å². The van der Waals surface area contributed by atoms with Crippen LogP contribution in [0.3, 0.4) is 0 Å². The fourth-order valence-corrected chi connectivity index (χ4v) is 20.2. The van der Waals surface area contributed by atoms with Crippen LogP contribution in [0.2, 0.25) is 0 Å². The van der Waals surface area contributed by atoms with Crippen LogP contribution in [0.15, 0.2) is 334 Å². The zero-order valence-electron chi connectivity index (χ0n) is 53.4. The summed E-state index contributed by atoms with van der Waals surface area (Å²) in [7, 11) is 0. The van der Waals surface area contributed by atoms with Crippen LogP contribution in [0, 0.1) is 0 Å². The number of pyridine rings is 1. The lowest BCUT2D eigenvalue weighted by Gasteiger charge is -2.15. The van der Waals surface area contributed by atoms with Gasteiger partial charge in [0.15, 0.2) is 0 Å². The van der Waals surface area contributed by atoms with E-state index in [1.54, 1.807) is 0 Å². The summed E-state index contributed by atoms with van der Waals surface area (Å²) in [5.41, 5.74) is 19.3. The number of rotatable bonds is 8. The summed E-state index contributed by atoms with van der Waals surface area (Å²) in [5.74, 6) is 0. The summed E-state index contributed by atoms with van der Waals surface area (Å²) >= 11 is 5.71. The van der Waals surface area contributed by atoms with Crippen molar-refractivity contribution in [3.05, 3.63) is 334 Å². The molecule has 0 saturated carbocycles. The minimum atomic E-state index is 0.956. The minimum absolute atomic E-state index is 0.956. The van der Waals surface area contributed by atoms with Gasteiger partial charge in [-0.25, -0.2) is 0 Å². The maximum absolute atomic E-state index is 5.29. The van der Waals surface area contributed by atoms with Crippen LogP contribution in [-0.2, 0) is 0 Å². The number of aromatic nitrogens is 1. The average Bonchev–Trinajstić information content (AvgIpc) is 0.872. The molecule has 21 aromatic rings. The van der Waals surface area contributed by atoms with Gasteiger partial charge in [-0.15, -0.1) is 34.0 Å². The predicted octanol–water partition coefficient (Wildman–Crippen LogP) is 28.4. The molecule has 0 spiro atoms. The van der Waals surface area contributed by atoms with E-state index in [9.17, 15) is 0 Å². The molecule has 0 fully saturated rings. The lowest BCUT2D eigenvalue weighted by molar-refractivity contribution is 1.36. The van der Waals surface area contributed by atoms with Crippen LogP contribution in [0.5, 0.6) is 0 Å². The molecule has 4 aromatic heterocycles. The topological polar surface area (TPSA) is 12.9 Å². The van der Waals surface area contributed by atoms with Crippen molar-refractivity contribution in [2.24, 2.45) is 0 Å². The lowest BCUT2D eigenvalue weighted by Crippen LogP contribution is -1.90. The molecule has 0 aliphatic carbocycles. The fourth-order valence-electron chi connectivity index (χ4n) is 16.2. The molecule has 17 aromatic carbocycles. The summed E-state index contributed by atoms with van der Waals surface area (Å²) in [6.45, 7) is 0. The number of nitrogens with zero attached hydrogens (tertiary/aromatic N) is 1. The predicted molar refractivity (Wildman–Crippen MR) is 431 cm³/mol. The Kier molecular flexibility index (Phi) is 12.7. The van der Waals surface area contributed by atoms with Gasteiger partial charge in [-0.3, -0.25) is 4.98 Å². The van der Waals surface area contributed by atoms with Gasteiger partial charge in [-0.05, 0) is 186 Å². The van der Waals surface area contributed by atoms with Crippen molar-refractivity contribution in [3.63, 3.8) is 0 Å². The molecule has 0 amide bonds. The molecule has 0 bridgehead atoms. The van der Waals surface area contributed by atoms with E-state index in [2.05, 4.69) is 334 Å². The van der Waals surface area contributed by atoms with Crippen molar-refractivity contribution >= 4 is 159 Å². The van der Waals surface area contributed by atoms with Gasteiger partial charge in [-0.2, -0.15) is 0 Å². The van der Waals surface area contributed by atoms with Crippen molar-refractivity contribution in [3.8, 4) is 89.1 Å². The summed E-state index contributed by atoms with van der Waals surface area (Å²) in [6, 6.07) is 122. The Morgan fingerprint density at radius 1 is 0.162 bits per heavy atom. The monoisotopic (exact) mass is 1310 g/mol. The van der Waals surface area contributed by atoms with Gasteiger partial charge in [0.05, 0.1) is 5.69 Å². The van der Waals surface area contributed by atoms with E-state index in [0.29, 0.717) is 0 Å². The van der Waals surface area contributed by atoms with Crippen LogP contribution in [0.1, 0.15) is 0 Å². The molecule has 0 aliphatic heterocycles. The van der Waals surface area contributed by atoms with Crippen molar-refractivity contribution in [1.82, 2.24) is 4.98 Å². The summed E-state index contributed by atoms with van der Waals surface area (Å²) in [4.78, 5) is 5.29. The Hall–Kier alpha value is -11.9. The molecule has 99 heavy (non-hydrogen) atoms. The standard InChI is InChI=1S/C95H55NS3/c1-2-18-56(19-3-1)66-31-13-37-80-81-38-15-33-68(93(81)98-92(66)80)62-23-12-24-63(50-62)69-34-16-39-82-83-40-17-35-70(95(83)99-94(69)82)64-44-47-77-76-46-43-59(51-84(76)73-28-6-7-29-74(73)85(77)53-64)60-42-45-75-71-26-4-5-27-72(71)87-54-89(96-55-88(87)86(75)52-60)65-25-11-21-58(49-65)57-20-10-22-61(48-57)67-32-14-36-79-78-30-8-9-41-90(78)97-91(67)79/h1-55H. The van der Waals surface area contributed by atoms with E-state index < -0.39 is 0 Å². The van der Waals surface area contributed by atoms with E-state index in [1.165, 1.54) is 198 Å². The molecule has 0 N–H and O–H groups in total. The second kappa shape index (κ2) is 22.3. The van der Waals surface area contributed by atoms with E-state index in [4.69, 9.17) is 4.98 Å². The second-order valence-corrected chi connectivity index (χ2v) is 29.4. The number of hydrogen-bond donors (Lipinski definition) is 0. The van der Waals surface area contributed by atoms with E-state index in [0.717, 1.165) is 16.6 Å².